The first-order valence-corrected chi connectivity index (χ1v) is 11.8. The number of hydrogen-bond acceptors (Lipinski definition) is 7. The SMILES string of the molecule is CC1(C)[C@H]2CC[C@]1(c1cncc(-c3n[nH]c(C(O)C(F)(F)F)n3)n1)c1nnc(-c3c(F)cccc3F)cc12. The predicted molar refractivity (Wildman–Crippen MR) is 122 cm³/mol. The lowest BCUT2D eigenvalue weighted by Crippen LogP contribution is -2.38. The number of fused-ring (bicyclic) bond motifs is 5. The summed E-state index contributed by atoms with van der Waals surface area (Å²) in [5, 5.41) is 24.0. The fourth-order valence-electron chi connectivity index (χ4n) is 6.10. The van der Waals surface area contributed by atoms with Gasteiger partial charge in [0, 0.05) is 6.20 Å². The molecule has 3 atom stereocenters. The second kappa shape index (κ2) is 8.06. The molecule has 8 nitrogen and oxygen atoms in total. The van der Waals surface area contributed by atoms with Gasteiger partial charge in [0.1, 0.15) is 17.3 Å². The Morgan fingerprint density at radius 3 is 2.50 bits per heavy atom. The second-order valence-electron chi connectivity index (χ2n) is 10.1. The molecule has 2 N–H and O–H groups in total. The normalized spacial score (nSPS) is 22.5. The van der Waals surface area contributed by atoms with Gasteiger partial charge in [0.25, 0.3) is 0 Å². The highest BCUT2D eigenvalue weighted by atomic mass is 19.4. The van der Waals surface area contributed by atoms with E-state index in [2.05, 4.69) is 49.2 Å². The van der Waals surface area contributed by atoms with Crippen LogP contribution < -0.4 is 0 Å². The third-order valence-corrected chi connectivity index (χ3v) is 7.97. The highest BCUT2D eigenvalue weighted by Crippen LogP contribution is 2.69. The number of alkyl halides is 3. The number of hydrogen-bond donors (Lipinski definition) is 2. The van der Waals surface area contributed by atoms with Crippen LogP contribution in [0.1, 0.15) is 61.5 Å². The fraction of sp³-hybridized carbons (Fsp3) is 0.360. The average molecular weight is 529 g/mol. The first-order valence-electron chi connectivity index (χ1n) is 11.8. The molecule has 0 amide bonds. The lowest BCUT2D eigenvalue weighted by molar-refractivity contribution is -0.209. The van der Waals surface area contributed by atoms with Gasteiger partial charge in [-0.2, -0.15) is 23.4 Å². The Morgan fingerprint density at radius 2 is 1.79 bits per heavy atom. The van der Waals surface area contributed by atoms with E-state index in [9.17, 15) is 27.1 Å². The molecule has 2 aliphatic rings. The number of rotatable bonds is 4. The van der Waals surface area contributed by atoms with Gasteiger partial charge < -0.3 is 5.11 Å². The van der Waals surface area contributed by atoms with Gasteiger partial charge in [0.2, 0.25) is 11.9 Å². The van der Waals surface area contributed by atoms with Crippen molar-refractivity contribution in [3.05, 3.63) is 71.1 Å². The summed E-state index contributed by atoms with van der Waals surface area (Å²) in [6.07, 6.45) is -3.46. The molecule has 38 heavy (non-hydrogen) atoms. The molecule has 6 rings (SSSR count). The van der Waals surface area contributed by atoms with Gasteiger partial charge >= 0.3 is 6.18 Å². The van der Waals surface area contributed by atoms with E-state index >= 15 is 0 Å². The van der Waals surface area contributed by atoms with Crippen LogP contribution in [-0.2, 0) is 5.41 Å². The molecular formula is C25H20F5N7O. The molecule has 0 radical (unpaired) electrons. The largest absolute Gasteiger partial charge is 0.421 e. The number of H-pyrrole nitrogens is 1. The lowest BCUT2D eigenvalue weighted by Gasteiger charge is -2.37. The fourth-order valence-corrected chi connectivity index (χ4v) is 6.10. The van der Waals surface area contributed by atoms with Crippen LogP contribution in [0.25, 0.3) is 22.8 Å². The zero-order valence-electron chi connectivity index (χ0n) is 20.1. The van der Waals surface area contributed by atoms with Gasteiger partial charge in [-0.1, -0.05) is 19.9 Å². The van der Waals surface area contributed by atoms with Crippen LogP contribution in [-0.4, -0.2) is 46.6 Å². The Bertz CT molecular complexity index is 1550. The van der Waals surface area contributed by atoms with Crippen molar-refractivity contribution in [2.45, 2.75) is 50.3 Å². The van der Waals surface area contributed by atoms with Crippen molar-refractivity contribution in [3.8, 4) is 22.8 Å². The molecular weight excluding hydrogens is 509 g/mol. The van der Waals surface area contributed by atoms with Crippen molar-refractivity contribution in [3.63, 3.8) is 0 Å². The van der Waals surface area contributed by atoms with Gasteiger partial charge in [-0.25, -0.2) is 18.7 Å². The minimum absolute atomic E-state index is 0.0101. The Morgan fingerprint density at radius 1 is 1.05 bits per heavy atom. The Kier molecular flexibility index (Phi) is 5.19. The van der Waals surface area contributed by atoms with E-state index in [0.29, 0.717) is 17.8 Å². The summed E-state index contributed by atoms with van der Waals surface area (Å²) in [6.45, 7) is 4.10. The smallest absolute Gasteiger partial charge is 0.377 e. The van der Waals surface area contributed by atoms with Gasteiger partial charge in [0.15, 0.2) is 5.82 Å². The monoisotopic (exact) mass is 529 g/mol. The summed E-state index contributed by atoms with van der Waals surface area (Å²) in [7, 11) is 0. The van der Waals surface area contributed by atoms with Crippen molar-refractivity contribution in [1.82, 2.24) is 35.3 Å². The maximum absolute atomic E-state index is 14.5. The van der Waals surface area contributed by atoms with Crippen molar-refractivity contribution in [2.75, 3.05) is 0 Å². The number of aromatic amines is 1. The van der Waals surface area contributed by atoms with Gasteiger partial charge in [-0.15, -0.1) is 5.10 Å². The summed E-state index contributed by atoms with van der Waals surface area (Å²) in [5.74, 6) is -2.41. The summed E-state index contributed by atoms with van der Waals surface area (Å²) >= 11 is 0. The zero-order valence-corrected chi connectivity index (χ0v) is 20.1. The molecule has 2 aliphatic carbocycles. The Hall–Kier alpha value is -3.87. The summed E-state index contributed by atoms with van der Waals surface area (Å²) in [4.78, 5) is 12.7. The van der Waals surface area contributed by atoms with Crippen LogP contribution >= 0.6 is 0 Å². The van der Waals surface area contributed by atoms with E-state index in [1.54, 1.807) is 12.3 Å². The van der Waals surface area contributed by atoms with Crippen molar-refractivity contribution >= 4 is 0 Å². The van der Waals surface area contributed by atoms with E-state index in [4.69, 9.17) is 0 Å². The van der Waals surface area contributed by atoms with Crippen molar-refractivity contribution in [1.29, 1.82) is 0 Å². The molecule has 0 saturated heterocycles. The van der Waals surface area contributed by atoms with E-state index < -0.39 is 40.6 Å². The number of aliphatic hydroxyl groups is 1. The number of halogens is 5. The number of nitrogens with zero attached hydrogens (tertiary/aromatic N) is 6. The quantitative estimate of drug-likeness (QED) is 0.365. The van der Waals surface area contributed by atoms with Crippen LogP contribution in [0.4, 0.5) is 22.0 Å². The third kappa shape index (κ3) is 3.30. The molecule has 4 aromatic rings. The average Bonchev–Trinajstić information content (AvgIpc) is 3.51. The molecule has 3 heterocycles. The minimum Gasteiger partial charge on any atom is -0.377 e. The topological polar surface area (TPSA) is 113 Å². The summed E-state index contributed by atoms with van der Waals surface area (Å²) < 4.78 is 67.7. The maximum Gasteiger partial charge on any atom is 0.421 e. The van der Waals surface area contributed by atoms with E-state index in [0.717, 1.165) is 24.1 Å². The molecule has 2 bridgehead atoms. The lowest BCUT2D eigenvalue weighted by atomic mass is 9.66. The van der Waals surface area contributed by atoms with Gasteiger partial charge in [-0.05, 0) is 47.9 Å². The van der Waals surface area contributed by atoms with E-state index in [1.807, 2.05) is 0 Å². The van der Waals surface area contributed by atoms with Crippen molar-refractivity contribution in [2.24, 2.45) is 5.41 Å². The van der Waals surface area contributed by atoms with E-state index in [1.165, 1.54) is 12.3 Å². The molecule has 1 unspecified atom stereocenters. The van der Waals surface area contributed by atoms with Crippen LogP contribution in [0.5, 0.6) is 0 Å². The first-order chi connectivity index (χ1) is 17.9. The summed E-state index contributed by atoms with van der Waals surface area (Å²) in [6, 6.07) is 5.28. The van der Waals surface area contributed by atoms with Crippen molar-refractivity contribution < 1.29 is 27.1 Å². The number of aromatic nitrogens is 7. The molecule has 196 valence electrons. The van der Waals surface area contributed by atoms with Crippen LogP contribution in [0.15, 0.2) is 36.7 Å². The highest BCUT2D eigenvalue weighted by Gasteiger charge is 2.65. The second-order valence-corrected chi connectivity index (χ2v) is 10.1. The zero-order chi connectivity index (χ0) is 27.0. The molecule has 0 aliphatic heterocycles. The van der Waals surface area contributed by atoms with E-state index in [-0.39, 0.29) is 28.7 Å². The number of nitrogens with one attached hydrogen (secondary N) is 1. The number of aliphatic hydroxyl groups excluding tert-OH is 1. The third-order valence-electron chi connectivity index (χ3n) is 7.97. The standard InChI is InChI=1S/C25H20F5N7O/c1-23(2)12-6-7-24(23,19-11(12)8-15(34-35-19)18-13(26)4-3-5-14(18)27)17-10-31-9-16(32-17)21-33-22(37-36-21)20(38)25(28,29)30/h3-5,8-10,12,20,38H,6-7H2,1-2H3,(H,33,36,37)/t12-,20?,24-/m0/s1. The predicted octanol–water partition coefficient (Wildman–Crippen LogP) is 4.80. The minimum atomic E-state index is -4.91. The summed E-state index contributed by atoms with van der Waals surface area (Å²) in [5.41, 5.74) is 0.682. The molecule has 13 heteroatoms. The molecule has 1 fully saturated rings. The molecule has 3 aromatic heterocycles. The van der Waals surface area contributed by atoms with Crippen LogP contribution in [0.2, 0.25) is 0 Å². The molecule has 1 aromatic carbocycles. The molecule has 0 spiro atoms. The van der Waals surface area contributed by atoms with Crippen LogP contribution in [0.3, 0.4) is 0 Å². The Labute approximate surface area is 212 Å². The van der Waals surface area contributed by atoms with Gasteiger partial charge in [0.05, 0.1) is 34.3 Å². The maximum atomic E-state index is 14.5. The Balaban J connectivity index is 1.45. The highest BCUT2D eigenvalue weighted by molar-refractivity contribution is 5.64. The van der Waals surface area contributed by atoms with Crippen LogP contribution in [0, 0.1) is 17.0 Å². The van der Waals surface area contributed by atoms with Gasteiger partial charge in [-0.3, -0.25) is 10.1 Å². The molecule has 1 saturated carbocycles. The first kappa shape index (κ1) is 24.5. The number of benzene rings is 1.